The smallest absolute Gasteiger partial charge is 0.279 e. The van der Waals surface area contributed by atoms with Crippen LogP contribution in [0.5, 0.6) is 0 Å². The number of hydrogen-bond donors (Lipinski definition) is 2. The van der Waals surface area contributed by atoms with Crippen LogP contribution in [0.3, 0.4) is 0 Å². The molecule has 1 aromatic carbocycles. The van der Waals surface area contributed by atoms with Crippen molar-refractivity contribution in [1.29, 1.82) is 0 Å². The van der Waals surface area contributed by atoms with Gasteiger partial charge in [0, 0.05) is 24.8 Å². The van der Waals surface area contributed by atoms with E-state index in [0.29, 0.717) is 18.8 Å². The van der Waals surface area contributed by atoms with Crippen molar-refractivity contribution in [2.24, 2.45) is 0 Å². The summed E-state index contributed by atoms with van der Waals surface area (Å²) in [5, 5.41) is 0. The maximum absolute atomic E-state index is 12.1. The summed E-state index contributed by atoms with van der Waals surface area (Å²) in [6, 6.07) is 6.97. The number of nitrogens with zero attached hydrogens (tertiary/aromatic N) is 1. The molecule has 1 atom stereocenters. The van der Waals surface area contributed by atoms with Crippen LogP contribution >= 0.6 is 0 Å². The molecule has 0 saturated carbocycles. The third kappa shape index (κ3) is 3.01. The molecule has 0 spiro atoms. The lowest BCUT2D eigenvalue weighted by molar-refractivity contribution is 0.457. The first-order valence-corrected chi connectivity index (χ1v) is 7.56. The molecule has 1 fully saturated rings. The van der Waals surface area contributed by atoms with Gasteiger partial charge in [-0.1, -0.05) is 12.1 Å². The van der Waals surface area contributed by atoms with Crippen LogP contribution in [0.15, 0.2) is 24.3 Å². The summed E-state index contributed by atoms with van der Waals surface area (Å²) in [6.45, 7) is 3.06. The Morgan fingerprint density at radius 2 is 1.78 bits per heavy atom. The molecule has 1 heterocycles. The molecular formula is C12H19N3O2S. The molecule has 1 saturated heterocycles. The maximum atomic E-state index is 12.1. The predicted octanol–water partition coefficient (Wildman–Crippen LogP) is 1.26. The van der Waals surface area contributed by atoms with E-state index in [1.807, 2.05) is 19.1 Å². The highest BCUT2D eigenvalue weighted by Crippen LogP contribution is 2.18. The van der Waals surface area contributed by atoms with Crippen LogP contribution < -0.4 is 10.5 Å². The second-order valence-electron chi connectivity index (χ2n) is 4.62. The summed E-state index contributed by atoms with van der Waals surface area (Å²) in [5.74, 6) is 0. The highest BCUT2D eigenvalue weighted by Gasteiger charge is 2.26. The van der Waals surface area contributed by atoms with Gasteiger partial charge >= 0.3 is 0 Å². The number of rotatable bonds is 4. The van der Waals surface area contributed by atoms with E-state index in [4.69, 9.17) is 5.73 Å². The van der Waals surface area contributed by atoms with Gasteiger partial charge in [-0.25, -0.2) is 0 Å². The molecule has 0 aromatic heterocycles. The van der Waals surface area contributed by atoms with Crippen LogP contribution in [0, 0.1) is 0 Å². The van der Waals surface area contributed by atoms with E-state index in [0.717, 1.165) is 18.4 Å². The van der Waals surface area contributed by atoms with E-state index in [1.54, 1.807) is 12.1 Å². The first kappa shape index (κ1) is 13.3. The molecule has 1 aromatic rings. The highest BCUT2D eigenvalue weighted by atomic mass is 32.2. The number of hydrogen-bond acceptors (Lipinski definition) is 3. The summed E-state index contributed by atoms with van der Waals surface area (Å²) in [5.41, 5.74) is 7.19. The minimum absolute atomic E-state index is 0.254. The highest BCUT2D eigenvalue weighted by molar-refractivity contribution is 7.87. The van der Waals surface area contributed by atoms with Crippen LogP contribution in [0.1, 0.15) is 31.4 Å². The molecule has 0 radical (unpaired) electrons. The molecule has 3 N–H and O–H groups in total. The van der Waals surface area contributed by atoms with Crippen molar-refractivity contribution < 1.29 is 8.42 Å². The minimum Gasteiger partial charge on any atom is -0.399 e. The minimum atomic E-state index is -3.37. The zero-order valence-electron chi connectivity index (χ0n) is 10.5. The van der Waals surface area contributed by atoms with Gasteiger partial charge in [-0.05, 0) is 37.5 Å². The number of nitrogens with two attached hydrogens (primary N) is 1. The second kappa shape index (κ2) is 5.26. The van der Waals surface area contributed by atoms with Gasteiger partial charge in [0.1, 0.15) is 0 Å². The number of nitrogen functional groups attached to an aromatic ring is 1. The Kier molecular flexibility index (Phi) is 3.89. The van der Waals surface area contributed by atoms with Gasteiger partial charge in [-0.15, -0.1) is 0 Å². The Hall–Kier alpha value is -1.11. The summed E-state index contributed by atoms with van der Waals surface area (Å²) in [7, 11) is -3.37. The van der Waals surface area contributed by atoms with Crippen LogP contribution in [0.25, 0.3) is 0 Å². The predicted molar refractivity (Wildman–Crippen MR) is 72.1 cm³/mol. The lowest BCUT2D eigenvalue weighted by Crippen LogP contribution is -2.40. The van der Waals surface area contributed by atoms with E-state index in [1.165, 1.54) is 4.31 Å². The summed E-state index contributed by atoms with van der Waals surface area (Å²) in [4.78, 5) is 0. The van der Waals surface area contributed by atoms with Crippen molar-refractivity contribution in [3.63, 3.8) is 0 Å². The van der Waals surface area contributed by atoms with Crippen LogP contribution in [-0.4, -0.2) is 25.8 Å². The number of benzene rings is 1. The summed E-state index contributed by atoms with van der Waals surface area (Å²) in [6.07, 6.45) is 1.88. The molecule has 1 aliphatic rings. The molecule has 18 heavy (non-hydrogen) atoms. The average Bonchev–Trinajstić information content (AvgIpc) is 2.83. The SMILES string of the molecule is CC(NS(=O)(=O)N1CCCC1)c1ccc(N)cc1. The van der Waals surface area contributed by atoms with Gasteiger partial charge in [0.25, 0.3) is 10.2 Å². The molecule has 1 unspecified atom stereocenters. The lowest BCUT2D eigenvalue weighted by atomic mass is 10.1. The fourth-order valence-electron chi connectivity index (χ4n) is 2.08. The van der Waals surface area contributed by atoms with Crippen LogP contribution in [0.4, 0.5) is 5.69 Å². The van der Waals surface area contributed by atoms with Crippen molar-refractivity contribution in [3.05, 3.63) is 29.8 Å². The molecule has 0 amide bonds. The Morgan fingerprint density at radius 1 is 1.22 bits per heavy atom. The quantitative estimate of drug-likeness (QED) is 0.808. The molecule has 5 nitrogen and oxygen atoms in total. The molecule has 2 rings (SSSR count). The van der Waals surface area contributed by atoms with Crippen LogP contribution in [0.2, 0.25) is 0 Å². The zero-order chi connectivity index (χ0) is 13.2. The van der Waals surface area contributed by atoms with Gasteiger partial charge in [-0.2, -0.15) is 17.4 Å². The van der Waals surface area contributed by atoms with E-state index >= 15 is 0 Å². The van der Waals surface area contributed by atoms with E-state index in [9.17, 15) is 8.42 Å². The maximum Gasteiger partial charge on any atom is 0.279 e. The first-order valence-electron chi connectivity index (χ1n) is 6.12. The lowest BCUT2D eigenvalue weighted by Gasteiger charge is -2.20. The Labute approximate surface area is 108 Å². The third-order valence-electron chi connectivity index (χ3n) is 3.17. The monoisotopic (exact) mass is 269 g/mol. The van der Waals surface area contributed by atoms with E-state index in [2.05, 4.69) is 4.72 Å². The fourth-order valence-corrected chi connectivity index (χ4v) is 3.55. The van der Waals surface area contributed by atoms with Gasteiger partial charge in [0.05, 0.1) is 0 Å². The van der Waals surface area contributed by atoms with Crippen molar-refractivity contribution in [3.8, 4) is 0 Å². The van der Waals surface area contributed by atoms with Crippen LogP contribution in [-0.2, 0) is 10.2 Å². The average molecular weight is 269 g/mol. The fraction of sp³-hybridized carbons (Fsp3) is 0.500. The zero-order valence-corrected chi connectivity index (χ0v) is 11.3. The molecule has 100 valence electrons. The van der Waals surface area contributed by atoms with E-state index in [-0.39, 0.29) is 6.04 Å². The largest absolute Gasteiger partial charge is 0.399 e. The molecule has 1 aliphatic heterocycles. The normalized spacial score (nSPS) is 18.9. The van der Waals surface area contributed by atoms with Crippen molar-refractivity contribution in [2.75, 3.05) is 18.8 Å². The van der Waals surface area contributed by atoms with Gasteiger partial charge in [0.2, 0.25) is 0 Å². The van der Waals surface area contributed by atoms with E-state index < -0.39 is 10.2 Å². The second-order valence-corrected chi connectivity index (χ2v) is 6.32. The van der Waals surface area contributed by atoms with Crippen molar-refractivity contribution in [2.45, 2.75) is 25.8 Å². The molecule has 6 heteroatoms. The number of anilines is 1. The molecule has 0 aliphatic carbocycles. The van der Waals surface area contributed by atoms with Gasteiger partial charge in [0.15, 0.2) is 0 Å². The standard InChI is InChI=1S/C12H19N3O2S/c1-10(11-4-6-12(13)7-5-11)14-18(16,17)15-8-2-3-9-15/h4-7,10,14H,2-3,8-9,13H2,1H3. The molecular weight excluding hydrogens is 250 g/mol. The Morgan fingerprint density at radius 3 is 2.33 bits per heavy atom. The van der Waals surface area contributed by atoms with Crippen molar-refractivity contribution >= 4 is 15.9 Å². The van der Waals surface area contributed by atoms with Gasteiger partial charge < -0.3 is 5.73 Å². The topological polar surface area (TPSA) is 75.4 Å². The third-order valence-corrected chi connectivity index (χ3v) is 4.86. The first-order chi connectivity index (χ1) is 8.49. The van der Waals surface area contributed by atoms with Crippen molar-refractivity contribution in [1.82, 2.24) is 9.03 Å². The summed E-state index contributed by atoms with van der Waals surface area (Å²) >= 11 is 0. The summed E-state index contributed by atoms with van der Waals surface area (Å²) < 4.78 is 28.3. The van der Waals surface area contributed by atoms with Gasteiger partial charge in [-0.3, -0.25) is 0 Å². The Balaban J connectivity index is 2.06. The number of nitrogens with one attached hydrogen (secondary N) is 1. The Bertz CT molecular complexity index is 493. The molecule has 0 bridgehead atoms.